The van der Waals surface area contributed by atoms with Crippen LogP contribution in [-0.2, 0) is 81.9 Å². The molecule has 0 heterocycles. The molecular formula is C75H132O18S4-4. The van der Waals surface area contributed by atoms with Crippen LogP contribution in [0.3, 0.4) is 0 Å². The molecule has 0 radical (unpaired) electrons. The third-order valence-electron chi connectivity index (χ3n) is 16.5. The van der Waals surface area contributed by atoms with E-state index < -0.39 is 51.0 Å². The standard InChI is InChI=1S/C23H44O5S.2C21H40O5S.C10H12O3S/c1-3-5-7-11-14-18-22(29(25,26)27)19-15-12-9-8-10-13-16-20-23(24)28-21-17-6-4-2;1-20(2)26-21(22)18-16-14-12-10-8-6-4-3-5-7-9-11-13-15-17-19-27(23,24)25;1-2-19-26-21(22)18-16-14-12-10-8-6-4-3-5-7-9-11-13-15-17-20-27(23,24)25;11-14(12,13)10-6-5-8-3-1-2-4-9(8)7-10/h15,19,22H,3-14,16-18,20-21H2,1-2H3,(H,25,26,27);3-4,20H,5-19H2,1-2H3,(H,23,24,25);3-4H,2,5-20H2,1H3,(H,23,24,25);1-4,10H,5-7H2,(H,11,12,13)/p-4/b19-15-;2*4-3-;. The first-order valence-corrected chi connectivity index (χ1v) is 43.7. The predicted molar refractivity (Wildman–Crippen MR) is 390 cm³/mol. The summed E-state index contributed by atoms with van der Waals surface area (Å²) in [6.07, 6.45) is 58.2. The molecule has 0 aromatic heterocycles. The van der Waals surface area contributed by atoms with E-state index >= 15 is 0 Å². The number of hydrogen-bond donors (Lipinski definition) is 0. The summed E-state index contributed by atoms with van der Waals surface area (Å²) in [6, 6.07) is 7.69. The van der Waals surface area contributed by atoms with Crippen LogP contribution >= 0.6 is 0 Å². The molecule has 18 nitrogen and oxygen atoms in total. The van der Waals surface area contributed by atoms with Crippen LogP contribution in [0.2, 0.25) is 0 Å². The minimum Gasteiger partial charge on any atom is -0.748 e. The largest absolute Gasteiger partial charge is 0.748 e. The van der Waals surface area contributed by atoms with E-state index in [1.165, 1.54) is 56.9 Å². The Labute approximate surface area is 591 Å². The molecule has 0 spiro atoms. The summed E-state index contributed by atoms with van der Waals surface area (Å²) in [5, 5.41) is -1.61. The number of hydrogen-bond acceptors (Lipinski definition) is 18. The zero-order chi connectivity index (χ0) is 72.6. The number of allylic oxidation sites excluding steroid dienone is 5. The van der Waals surface area contributed by atoms with Gasteiger partial charge in [0.1, 0.15) is 10.1 Å². The molecule has 2 unspecified atom stereocenters. The Bertz CT molecular complexity index is 2620. The first-order chi connectivity index (χ1) is 46.2. The van der Waals surface area contributed by atoms with Gasteiger partial charge < -0.3 is 32.4 Å². The summed E-state index contributed by atoms with van der Waals surface area (Å²) in [7, 11) is -16.4. The highest BCUT2D eigenvalue weighted by molar-refractivity contribution is 7.86. The molecule has 0 amide bonds. The van der Waals surface area contributed by atoms with E-state index in [0.29, 0.717) is 71.0 Å². The first kappa shape index (κ1) is 95.5. The smallest absolute Gasteiger partial charge is 0.306 e. The Hall–Kier alpha value is -3.51. The Morgan fingerprint density at radius 1 is 0.433 bits per heavy atom. The van der Waals surface area contributed by atoms with Crippen molar-refractivity contribution < 1.29 is 80.5 Å². The van der Waals surface area contributed by atoms with Crippen molar-refractivity contribution >= 4 is 58.4 Å². The van der Waals surface area contributed by atoms with Crippen molar-refractivity contribution in [1.82, 2.24) is 0 Å². The maximum Gasteiger partial charge on any atom is 0.306 e. The summed E-state index contributed by atoms with van der Waals surface area (Å²) >= 11 is 0. The summed E-state index contributed by atoms with van der Waals surface area (Å²) in [4.78, 5) is 34.2. The number of carbonyl (C=O) groups excluding carboxylic acids is 3. The Morgan fingerprint density at radius 3 is 1.20 bits per heavy atom. The molecule has 568 valence electrons. The van der Waals surface area contributed by atoms with Gasteiger partial charge in [0.25, 0.3) is 0 Å². The molecule has 1 aromatic carbocycles. The highest BCUT2D eigenvalue weighted by atomic mass is 32.2. The van der Waals surface area contributed by atoms with E-state index in [-0.39, 0.29) is 35.5 Å². The number of rotatable bonds is 58. The minimum atomic E-state index is -4.26. The van der Waals surface area contributed by atoms with Crippen LogP contribution < -0.4 is 0 Å². The Balaban J connectivity index is 0. The Morgan fingerprint density at radius 2 is 0.794 bits per heavy atom. The summed E-state index contributed by atoms with van der Waals surface area (Å²) < 4.78 is 145. The van der Waals surface area contributed by atoms with Crippen LogP contribution in [0.5, 0.6) is 0 Å². The highest BCUT2D eigenvalue weighted by Gasteiger charge is 2.23. The van der Waals surface area contributed by atoms with Gasteiger partial charge in [-0.1, -0.05) is 236 Å². The van der Waals surface area contributed by atoms with Gasteiger partial charge in [-0.2, -0.15) is 0 Å². The quantitative estimate of drug-likeness (QED) is 0.0192. The van der Waals surface area contributed by atoms with Crippen molar-refractivity contribution in [3.05, 3.63) is 71.8 Å². The van der Waals surface area contributed by atoms with Crippen molar-refractivity contribution in [3.63, 3.8) is 0 Å². The zero-order valence-corrected chi connectivity index (χ0v) is 64.0. The fourth-order valence-electron chi connectivity index (χ4n) is 10.8. The fraction of sp³-hybridized carbons (Fsp3) is 0.800. The van der Waals surface area contributed by atoms with Gasteiger partial charge in [0.2, 0.25) is 0 Å². The molecule has 2 atom stereocenters. The van der Waals surface area contributed by atoms with E-state index in [4.69, 9.17) is 14.2 Å². The summed E-state index contributed by atoms with van der Waals surface area (Å²) in [5.74, 6) is -0.677. The molecule has 0 saturated carbocycles. The lowest BCUT2D eigenvalue weighted by molar-refractivity contribution is -0.147. The van der Waals surface area contributed by atoms with Crippen molar-refractivity contribution in [2.75, 3.05) is 24.7 Å². The highest BCUT2D eigenvalue weighted by Crippen LogP contribution is 2.25. The van der Waals surface area contributed by atoms with Crippen molar-refractivity contribution in [2.45, 2.75) is 359 Å². The van der Waals surface area contributed by atoms with Crippen molar-refractivity contribution in [1.29, 1.82) is 0 Å². The van der Waals surface area contributed by atoms with E-state index in [0.717, 1.165) is 205 Å². The van der Waals surface area contributed by atoms with Gasteiger partial charge in [-0.05, 0) is 160 Å². The predicted octanol–water partition coefficient (Wildman–Crippen LogP) is 18.4. The number of carbonyl (C=O) groups is 3. The van der Waals surface area contributed by atoms with Crippen LogP contribution in [0.15, 0.2) is 60.7 Å². The number of esters is 3. The second-order valence-corrected chi connectivity index (χ2v) is 32.5. The molecular weight excluding hydrogens is 1320 g/mol. The number of benzene rings is 1. The molecule has 0 aliphatic heterocycles. The maximum atomic E-state index is 11.5. The summed E-state index contributed by atoms with van der Waals surface area (Å²) in [6.45, 7) is 11.1. The lowest BCUT2D eigenvalue weighted by Gasteiger charge is -2.26. The van der Waals surface area contributed by atoms with Crippen molar-refractivity contribution in [2.24, 2.45) is 0 Å². The second kappa shape index (κ2) is 64.6. The number of aryl methyl sites for hydroxylation is 1. The van der Waals surface area contributed by atoms with Gasteiger partial charge in [0.05, 0.1) is 60.2 Å². The third-order valence-corrected chi connectivity index (χ3v) is 20.4. The van der Waals surface area contributed by atoms with Gasteiger partial charge in [-0.25, -0.2) is 33.7 Å². The number of ether oxygens (including phenoxy) is 3. The SMILES string of the molecule is CC(C)OC(=O)CCCCCCC/C=C\CCCCCCCCS(=O)(=O)[O-].CCCCCCCC(/C=C\CCCCCCCC(=O)OCCCCC)S(=O)(=O)[O-].CCCOC(=O)CCCCCCC/C=C\CCCCCCCCS(=O)(=O)[O-].O=S(=O)([O-])C1CCc2ccccc2C1. The van der Waals surface area contributed by atoms with Crippen molar-refractivity contribution in [3.8, 4) is 0 Å². The monoisotopic (exact) mass is 1450 g/mol. The van der Waals surface area contributed by atoms with E-state index in [1.807, 2.05) is 51.1 Å². The van der Waals surface area contributed by atoms with E-state index in [9.17, 15) is 66.3 Å². The van der Waals surface area contributed by atoms with Gasteiger partial charge in [-0.3, -0.25) is 14.4 Å². The number of fused-ring (bicyclic) bond motifs is 1. The van der Waals surface area contributed by atoms with Gasteiger partial charge >= 0.3 is 17.9 Å². The molecule has 1 aliphatic carbocycles. The van der Waals surface area contributed by atoms with E-state index in [2.05, 4.69) is 38.2 Å². The molecule has 0 saturated heterocycles. The first-order valence-electron chi connectivity index (χ1n) is 37.6. The lowest BCUT2D eigenvalue weighted by Crippen LogP contribution is -2.27. The van der Waals surface area contributed by atoms with Crippen LogP contribution in [0.4, 0.5) is 0 Å². The molecule has 0 fully saturated rings. The van der Waals surface area contributed by atoms with Crippen LogP contribution in [0.1, 0.15) is 341 Å². The normalized spacial score (nSPS) is 13.7. The molecule has 0 bridgehead atoms. The molecule has 2 rings (SSSR count). The average Bonchev–Trinajstić information content (AvgIpc) is 0.903. The Kier molecular flexibility index (Phi) is 63.6. The average molecular weight is 1450 g/mol. The molecule has 22 heteroatoms. The van der Waals surface area contributed by atoms with Crippen LogP contribution in [0.25, 0.3) is 0 Å². The van der Waals surface area contributed by atoms with Gasteiger partial charge in [0.15, 0.2) is 0 Å². The maximum absolute atomic E-state index is 11.5. The van der Waals surface area contributed by atoms with E-state index in [1.54, 1.807) is 6.08 Å². The topological polar surface area (TPSA) is 308 Å². The molecule has 97 heavy (non-hydrogen) atoms. The molecule has 1 aliphatic rings. The third kappa shape index (κ3) is 70.7. The van der Waals surface area contributed by atoms with Crippen LogP contribution in [-0.4, -0.2) is 111 Å². The summed E-state index contributed by atoms with van der Waals surface area (Å²) in [5.41, 5.74) is 2.18. The molecule has 0 N–H and O–H groups in total. The lowest BCUT2D eigenvalue weighted by atomic mass is 9.92. The number of unbranched alkanes of at least 4 members (excludes halogenated alkanes) is 33. The fourth-order valence-corrected chi connectivity index (χ4v) is 13.5. The second-order valence-electron chi connectivity index (χ2n) is 26.2. The van der Waals surface area contributed by atoms with Gasteiger partial charge in [0, 0.05) is 30.8 Å². The minimum absolute atomic E-state index is 0.0138. The molecule has 1 aromatic rings. The van der Waals surface area contributed by atoms with Crippen LogP contribution in [0, 0.1) is 0 Å². The van der Waals surface area contributed by atoms with Gasteiger partial charge in [-0.15, -0.1) is 0 Å². The zero-order valence-electron chi connectivity index (χ0n) is 60.8.